The first-order valence-electron chi connectivity index (χ1n) is 9.64. The summed E-state index contributed by atoms with van der Waals surface area (Å²) in [6, 6.07) is 18.8. The molecule has 3 N–H and O–H groups in total. The van der Waals surface area contributed by atoms with Gasteiger partial charge in [-0.2, -0.15) is 5.10 Å². The van der Waals surface area contributed by atoms with Crippen LogP contribution in [0.3, 0.4) is 0 Å². The van der Waals surface area contributed by atoms with E-state index in [1.165, 1.54) is 18.3 Å². The number of aromatic hydroxyl groups is 1. The molecule has 0 radical (unpaired) electrons. The molecular weight excluding hydrogens is 394 g/mol. The summed E-state index contributed by atoms with van der Waals surface area (Å²) in [7, 11) is 0. The summed E-state index contributed by atoms with van der Waals surface area (Å²) < 4.78 is 5.51. The van der Waals surface area contributed by atoms with Crippen LogP contribution in [-0.4, -0.2) is 29.7 Å². The number of benzene rings is 3. The molecule has 0 heterocycles. The number of hydrogen-bond donors (Lipinski definition) is 3. The maximum Gasteiger partial charge on any atom is 0.275 e. The van der Waals surface area contributed by atoms with Crippen LogP contribution < -0.4 is 15.5 Å². The fourth-order valence-electron chi connectivity index (χ4n) is 2.71. The van der Waals surface area contributed by atoms with E-state index in [-0.39, 0.29) is 23.8 Å². The molecule has 31 heavy (non-hydrogen) atoms. The van der Waals surface area contributed by atoms with Crippen LogP contribution in [0.1, 0.15) is 27.0 Å². The molecule has 3 rings (SSSR count). The highest BCUT2D eigenvalue weighted by Gasteiger charge is 2.08. The van der Waals surface area contributed by atoms with E-state index in [1.54, 1.807) is 36.4 Å². The van der Waals surface area contributed by atoms with Crippen molar-refractivity contribution in [2.45, 2.75) is 13.8 Å². The second-order valence-electron chi connectivity index (χ2n) is 6.92. The number of para-hydroxylation sites is 1. The van der Waals surface area contributed by atoms with E-state index in [0.717, 1.165) is 22.4 Å². The van der Waals surface area contributed by atoms with Crippen LogP contribution in [0.15, 0.2) is 71.8 Å². The molecule has 0 aliphatic rings. The number of amides is 2. The van der Waals surface area contributed by atoms with Gasteiger partial charge < -0.3 is 15.2 Å². The van der Waals surface area contributed by atoms with Crippen molar-refractivity contribution in [3.05, 3.63) is 89.0 Å². The zero-order valence-electron chi connectivity index (χ0n) is 17.3. The van der Waals surface area contributed by atoms with Crippen molar-refractivity contribution in [2.24, 2.45) is 5.10 Å². The van der Waals surface area contributed by atoms with Gasteiger partial charge in [0.1, 0.15) is 11.5 Å². The molecule has 0 atom stereocenters. The minimum atomic E-state index is -0.510. The Labute approximate surface area is 180 Å². The number of nitrogens with zero attached hydrogens (tertiary/aromatic N) is 1. The second kappa shape index (κ2) is 10.1. The van der Waals surface area contributed by atoms with Gasteiger partial charge in [-0.1, -0.05) is 18.2 Å². The van der Waals surface area contributed by atoms with E-state index in [0.29, 0.717) is 5.75 Å². The van der Waals surface area contributed by atoms with Crippen LogP contribution >= 0.6 is 0 Å². The van der Waals surface area contributed by atoms with E-state index in [1.807, 2.05) is 32.0 Å². The Morgan fingerprint density at radius 2 is 1.74 bits per heavy atom. The lowest BCUT2D eigenvalue weighted by atomic mass is 10.1. The van der Waals surface area contributed by atoms with Gasteiger partial charge in [-0.05, 0) is 79.1 Å². The Morgan fingerprint density at radius 1 is 1.00 bits per heavy atom. The summed E-state index contributed by atoms with van der Waals surface area (Å²) in [4.78, 5) is 24.1. The first-order valence-corrected chi connectivity index (χ1v) is 9.64. The zero-order chi connectivity index (χ0) is 22.2. The highest BCUT2D eigenvalue weighted by Crippen LogP contribution is 2.16. The molecule has 0 unspecified atom stereocenters. The second-order valence-corrected chi connectivity index (χ2v) is 6.92. The third-order valence-electron chi connectivity index (χ3n) is 4.57. The molecule has 0 fully saturated rings. The summed E-state index contributed by atoms with van der Waals surface area (Å²) in [6.07, 6.45) is 1.47. The largest absolute Gasteiger partial charge is 0.507 e. The Morgan fingerprint density at radius 3 is 2.45 bits per heavy atom. The van der Waals surface area contributed by atoms with Gasteiger partial charge in [-0.3, -0.25) is 9.59 Å². The molecule has 7 nitrogen and oxygen atoms in total. The van der Waals surface area contributed by atoms with Gasteiger partial charge in [-0.25, -0.2) is 5.43 Å². The Kier molecular flexibility index (Phi) is 7.01. The average molecular weight is 417 g/mol. The maximum atomic E-state index is 12.1. The van der Waals surface area contributed by atoms with Crippen LogP contribution in [-0.2, 0) is 4.79 Å². The number of phenols is 1. The van der Waals surface area contributed by atoms with Crippen molar-refractivity contribution in [3.8, 4) is 11.5 Å². The quantitative estimate of drug-likeness (QED) is 0.402. The number of phenolic OH excluding ortho intramolecular Hbond substituents is 1. The summed E-state index contributed by atoms with van der Waals surface area (Å²) in [6.45, 7) is 3.89. The normalized spacial score (nSPS) is 10.6. The molecule has 3 aromatic rings. The van der Waals surface area contributed by atoms with Crippen LogP contribution in [0.2, 0.25) is 0 Å². The van der Waals surface area contributed by atoms with E-state index in [9.17, 15) is 14.7 Å². The van der Waals surface area contributed by atoms with Crippen LogP contribution in [0.5, 0.6) is 11.5 Å². The monoisotopic (exact) mass is 417 g/mol. The molecule has 2 amide bonds. The number of ether oxygens (including phenoxy) is 1. The van der Waals surface area contributed by atoms with Crippen molar-refractivity contribution in [1.82, 2.24) is 5.43 Å². The predicted molar refractivity (Wildman–Crippen MR) is 120 cm³/mol. The third kappa shape index (κ3) is 6.17. The van der Waals surface area contributed by atoms with E-state index < -0.39 is 5.91 Å². The van der Waals surface area contributed by atoms with Crippen LogP contribution in [0, 0.1) is 13.8 Å². The summed E-state index contributed by atoms with van der Waals surface area (Å²) in [5.41, 5.74) is 6.23. The summed E-state index contributed by atoms with van der Waals surface area (Å²) >= 11 is 0. The van der Waals surface area contributed by atoms with Gasteiger partial charge >= 0.3 is 0 Å². The molecule has 0 aliphatic carbocycles. The van der Waals surface area contributed by atoms with Gasteiger partial charge in [0.15, 0.2) is 6.61 Å². The van der Waals surface area contributed by atoms with E-state index in [4.69, 9.17) is 4.74 Å². The molecular formula is C24H23N3O4. The molecule has 0 spiro atoms. The van der Waals surface area contributed by atoms with Crippen LogP contribution in [0.4, 0.5) is 5.69 Å². The molecule has 7 heteroatoms. The highest BCUT2D eigenvalue weighted by atomic mass is 16.5. The lowest BCUT2D eigenvalue weighted by molar-refractivity contribution is -0.118. The Balaban J connectivity index is 1.47. The van der Waals surface area contributed by atoms with E-state index >= 15 is 0 Å². The van der Waals surface area contributed by atoms with E-state index in [2.05, 4.69) is 15.8 Å². The van der Waals surface area contributed by atoms with Crippen molar-refractivity contribution < 1.29 is 19.4 Å². The number of hydrazone groups is 1. The van der Waals surface area contributed by atoms with Gasteiger partial charge in [-0.15, -0.1) is 0 Å². The first kappa shape index (κ1) is 21.6. The van der Waals surface area contributed by atoms with Gasteiger partial charge in [0, 0.05) is 5.69 Å². The fourth-order valence-corrected chi connectivity index (χ4v) is 2.71. The van der Waals surface area contributed by atoms with Crippen molar-refractivity contribution >= 4 is 23.7 Å². The topological polar surface area (TPSA) is 100 Å². The SMILES string of the molecule is Cc1ccc(NC(=O)COc2ccc(C=NNC(=O)c3ccccc3O)cc2)cc1C. The van der Waals surface area contributed by atoms with Crippen molar-refractivity contribution in [1.29, 1.82) is 0 Å². The van der Waals surface area contributed by atoms with Crippen molar-refractivity contribution in [2.75, 3.05) is 11.9 Å². The molecule has 158 valence electrons. The number of carbonyl (C=O) groups is 2. The first-order chi connectivity index (χ1) is 14.9. The minimum absolute atomic E-state index is 0.113. The molecule has 3 aromatic carbocycles. The van der Waals surface area contributed by atoms with Gasteiger partial charge in [0.05, 0.1) is 11.8 Å². The molecule has 0 bridgehead atoms. The minimum Gasteiger partial charge on any atom is -0.507 e. The summed E-state index contributed by atoms with van der Waals surface area (Å²) in [5, 5.41) is 16.4. The number of hydrogen-bond acceptors (Lipinski definition) is 5. The lowest BCUT2D eigenvalue weighted by Gasteiger charge is -2.09. The van der Waals surface area contributed by atoms with Gasteiger partial charge in [0.25, 0.3) is 11.8 Å². The lowest BCUT2D eigenvalue weighted by Crippen LogP contribution is -2.20. The number of rotatable bonds is 7. The molecule has 0 aliphatic heterocycles. The average Bonchev–Trinajstić information content (AvgIpc) is 2.76. The third-order valence-corrected chi connectivity index (χ3v) is 4.57. The van der Waals surface area contributed by atoms with Gasteiger partial charge in [0.2, 0.25) is 0 Å². The highest BCUT2D eigenvalue weighted by molar-refractivity contribution is 5.97. The zero-order valence-corrected chi connectivity index (χ0v) is 17.3. The molecule has 0 saturated carbocycles. The number of nitrogens with one attached hydrogen (secondary N) is 2. The van der Waals surface area contributed by atoms with Crippen molar-refractivity contribution in [3.63, 3.8) is 0 Å². The number of aryl methyl sites for hydroxylation is 2. The fraction of sp³-hybridized carbons (Fsp3) is 0.125. The standard InChI is InChI=1S/C24H23N3O4/c1-16-7-10-19(13-17(16)2)26-23(29)15-31-20-11-8-18(9-12-20)14-25-27-24(30)21-5-3-4-6-22(21)28/h3-14,28H,15H2,1-2H3,(H,26,29)(H,27,30). The van der Waals surface area contributed by atoms with Crippen LogP contribution in [0.25, 0.3) is 0 Å². The molecule has 0 aromatic heterocycles. The number of anilines is 1. The Bertz CT molecular complexity index is 1110. The summed E-state index contributed by atoms with van der Waals surface area (Å²) in [5.74, 6) is -0.339. The maximum absolute atomic E-state index is 12.1. The smallest absolute Gasteiger partial charge is 0.275 e. The predicted octanol–water partition coefficient (Wildman–Crippen LogP) is 3.79. The number of carbonyl (C=O) groups excluding carboxylic acids is 2. The Hall–Kier alpha value is -4.13. The molecule has 0 saturated heterocycles.